The van der Waals surface area contributed by atoms with Crippen LogP contribution in [0.15, 0.2) is 90.2 Å². The normalized spacial score (nSPS) is 19.3. The van der Waals surface area contributed by atoms with Crippen molar-refractivity contribution in [3.05, 3.63) is 108 Å². The third-order valence-electron chi connectivity index (χ3n) is 5.50. The molecule has 1 N–H and O–H groups in total. The number of benzene rings is 1. The first-order chi connectivity index (χ1) is 15.1. The second-order valence-corrected chi connectivity index (χ2v) is 7.55. The Morgan fingerprint density at radius 1 is 1.06 bits per heavy atom. The van der Waals surface area contributed by atoms with Crippen LogP contribution < -0.4 is 0 Å². The van der Waals surface area contributed by atoms with Gasteiger partial charge in [-0.2, -0.15) is 0 Å². The molecule has 2 aliphatic rings. The number of aromatic nitrogens is 2. The molecule has 0 spiro atoms. The lowest BCUT2D eigenvalue weighted by atomic mass is 9.95. The Labute approximate surface area is 179 Å². The molecule has 4 heterocycles. The van der Waals surface area contributed by atoms with Crippen LogP contribution in [-0.4, -0.2) is 31.8 Å². The fourth-order valence-corrected chi connectivity index (χ4v) is 4.03. The summed E-state index contributed by atoms with van der Waals surface area (Å²) in [5.41, 5.74) is 4.86. The van der Waals surface area contributed by atoms with E-state index >= 15 is 0 Å². The summed E-state index contributed by atoms with van der Waals surface area (Å²) < 4.78 is 0. The molecule has 2 atom stereocenters. The molecule has 0 bridgehead atoms. The molecule has 0 radical (unpaired) electrons. The predicted octanol–water partition coefficient (Wildman–Crippen LogP) is 4.73. The van der Waals surface area contributed by atoms with Crippen molar-refractivity contribution in [1.29, 1.82) is 0 Å². The molecule has 152 valence electrons. The number of aliphatic imine (C=N–C) groups is 1. The molecule has 0 saturated carbocycles. The van der Waals surface area contributed by atoms with E-state index in [-0.39, 0.29) is 17.6 Å². The number of rotatable bonds is 4. The van der Waals surface area contributed by atoms with Crippen molar-refractivity contribution in [3.8, 4) is 11.3 Å². The van der Waals surface area contributed by atoms with Crippen LogP contribution >= 0.6 is 0 Å². The summed E-state index contributed by atoms with van der Waals surface area (Å²) in [6, 6.07) is 16.6. The molecule has 2 aromatic heterocycles. The molecule has 0 aliphatic carbocycles. The number of carboxylic acids is 1. The summed E-state index contributed by atoms with van der Waals surface area (Å²) in [6.07, 6.45) is 9.83. The van der Waals surface area contributed by atoms with Crippen molar-refractivity contribution >= 4 is 11.8 Å². The standard InChI is InChI=1S/C25H20N4O2/c1-16-5-4-6-20(27-16)23-24(29-14-3-2-7-22(29)28-23)19-12-13-26-21(15-19)17-8-10-18(11-9-17)25(30)31/h2-15,23-24H,1H3,(H,30,31). The first-order valence-corrected chi connectivity index (χ1v) is 10.0. The van der Waals surface area contributed by atoms with E-state index in [1.807, 2.05) is 61.7 Å². The van der Waals surface area contributed by atoms with Gasteiger partial charge in [-0.1, -0.05) is 24.3 Å². The van der Waals surface area contributed by atoms with Crippen LogP contribution in [0.25, 0.3) is 11.3 Å². The average molecular weight is 408 g/mol. The van der Waals surface area contributed by atoms with Crippen LogP contribution in [-0.2, 0) is 0 Å². The molecule has 0 saturated heterocycles. The van der Waals surface area contributed by atoms with Gasteiger partial charge in [-0.15, -0.1) is 0 Å². The van der Waals surface area contributed by atoms with Gasteiger partial charge >= 0.3 is 5.97 Å². The maximum Gasteiger partial charge on any atom is 0.335 e. The maximum atomic E-state index is 11.2. The van der Waals surface area contributed by atoms with E-state index in [1.54, 1.807) is 30.5 Å². The van der Waals surface area contributed by atoms with Crippen molar-refractivity contribution in [1.82, 2.24) is 14.9 Å². The molecule has 2 aliphatic heterocycles. The number of pyridine rings is 2. The van der Waals surface area contributed by atoms with Crippen LogP contribution in [0.3, 0.4) is 0 Å². The third kappa shape index (κ3) is 3.53. The van der Waals surface area contributed by atoms with Gasteiger partial charge < -0.3 is 10.0 Å². The fraction of sp³-hybridized carbons (Fsp3) is 0.120. The summed E-state index contributed by atoms with van der Waals surface area (Å²) >= 11 is 0. The molecular weight excluding hydrogens is 388 g/mol. The number of aromatic carboxylic acids is 1. The highest BCUT2D eigenvalue weighted by Gasteiger charge is 2.38. The van der Waals surface area contributed by atoms with E-state index in [2.05, 4.69) is 9.88 Å². The minimum absolute atomic E-state index is 0.0504. The molecule has 0 amide bonds. The van der Waals surface area contributed by atoms with Gasteiger partial charge in [0.25, 0.3) is 0 Å². The van der Waals surface area contributed by atoms with E-state index < -0.39 is 5.97 Å². The van der Waals surface area contributed by atoms with Gasteiger partial charge in [0.1, 0.15) is 11.9 Å². The zero-order valence-corrected chi connectivity index (χ0v) is 16.9. The lowest BCUT2D eigenvalue weighted by Crippen LogP contribution is -2.27. The molecule has 31 heavy (non-hydrogen) atoms. The second-order valence-electron chi connectivity index (χ2n) is 7.55. The maximum absolute atomic E-state index is 11.2. The Morgan fingerprint density at radius 2 is 1.90 bits per heavy atom. The first-order valence-electron chi connectivity index (χ1n) is 10.0. The molecule has 6 heteroatoms. The highest BCUT2D eigenvalue weighted by atomic mass is 16.4. The van der Waals surface area contributed by atoms with Crippen LogP contribution in [0.2, 0.25) is 0 Å². The van der Waals surface area contributed by atoms with Crippen molar-refractivity contribution < 1.29 is 9.90 Å². The Kier molecular flexibility index (Phi) is 4.67. The molecule has 0 fully saturated rings. The van der Waals surface area contributed by atoms with Gasteiger partial charge in [0.2, 0.25) is 0 Å². The van der Waals surface area contributed by atoms with E-state index in [0.717, 1.165) is 34.0 Å². The average Bonchev–Trinajstić information content (AvgIpc) is 3.19. The zero-order chi connectivity index (χ0) is 21.4. The van der Waals surface area contributed by atoms with Crippen molar-refractivity contribution in [2.24, 2.45) is 4.99 Å². The Balaban J connectivity index is 1.56. The van der Waals surface area contributed by atoms with Gasteiger partial charge in [0, 0.05) is 23.7 Å². The summed E-state index contributed by atoms with van der Waals surface area (Å²) in [4.78, 5) is 27.6. The molecule has 2 unspecified atom stereocenters. The quantitative estimate of drug-likeness (QED) is 0.675. The Morgan fingerprint density at radius 3 is 2.68 bits per heavy atom. The van der Waals surface area contributed by atoms with Crippen molar-refractivity contribution in [3.63, 3.8) is 0 Å². The van der Waals surface area contributed by atoms with Crippen molar-refractivity contribution in [2.45, 2.75) is 19.0 Å². The smallest absolute Gasteiger partial charge is 0.335 e. The SMILES string of the molecule is Cc1cccc(C2N=C3C=CC=CN3C2c2ccnc(-c3ccc(C(=O)O)cc3)c2)n1. The van der Waals surface area contributed by atoms with Crippen LogP contribution in [0.1, 0.15) is 39.4 Å². The van der Waals surface area contributed by atoms with Crippen molar-refractivity contribution in [2.75, 3.05) is 0 Å². The highest BCUT2D eigenvalue weighted by molar-refractivity contribution is 5.97. The van der Waals surface area contributed by atoms with E-state index in [4.69, 9.17) is 15.1 Å². The number of fused-ring (bicyclic) bond motifs is 1. The Hall–Kier alpha value is -4.06. The van der Waals surface area contributed by atoms with Gasteiger partial charge in [0.05, 0.1) is 23.0 Å². The topological polar surface area (TPSA) is 78.7 Å². The molecule has 1 aromatic carbocycles. The molecular formula is C25H20N4O2. The zero-order valence-electron chi connectivity index (χ0n) is 16.9. The lowest BCUT2D eigenvalue weighted by molar-refractivity contribution is 0.0697. The second kappa shape index (κ2) is 7.65. The van der Waals surface area contributed by atoms with Gasteiger partial charge in [-0.05, 0) is 61.0 Å². The number of amidine groups is 1. The van der Waals surface area contributed by atoms with Gasteiger partial charge in [-0.25, -0.2) is 4.79 Å². The molecule has 3 aromatic rings. The van der Waals surface area contributed by atoms with E-state index in [1.165, 1.54) is 0 Å². The Bertz CT molecular complexity index is 1240. The monoisotopic (exact) mass is 408 g/mol. The minimum atomic E-state index is -0.942. The summed E-state index contributed by atoms with van der Waals surface area (Å²) in [6.45, 7) is 1.99. The summed E-state index contributed by atoms with van der Waals surface area (Å²) in [7, 11) is 0. The van der Waals surface area contributed by atoms with Crippen LogP contribution in [0.4, 0.5) is 0 Å². The number of hydrogen-bond donors (Lipinski definition) is 1. The number of carboxylic acid groups (broad SMARTS) is 1. The minimum Gasteiger partial charge on any atom is -0.478 e. The van der Waals surface area contributed by atoms with Gasteiger partial charge in [-0.3, -0.25) is 15.0 Å². The van der Waals surface area contributed by atoms with Crippen LogP contribution in [0, 0.1) is 6.92 Å². The largest absolute Gasteiger partial charge is 0.478 e. The highest BCUT2D eigenvalue weighted by Crippen LogP contribution is 2.43. The van der Waals surface area contributed by atoms with Gasteiger partial charge in [0.15, 0.2) is 0 Å². The van der Waals surface area contributed by atoms with Crippen LogP contribution in [0.5, 0.6) is 0 Å². The fourth-order valence-electron chi connectivity index (χ4n) is 4.03. The number of nitrogens with zero attached hydrogens (tertiary/aromatic N) is 4. The van der Waals surface area contributed by atoms with E-state index in [0.29, 0.717) is 0 Å². The third-order valence-corrected chi connectivity index (χ3v) is 5.50. The molecule has 6 nitrogen and oxygen atoms in total. The predicted molar refractivity (Wildman–Crippen MR) is 119 cm³/mol. The number of carbonyl (C=O) groups is 1. The summed E-state index contributed by atoms with van der Waals surface area (Å²) in [5.74, 6) is -0.0349. The number of hydrogen-bond acceptors (Lipinski definition) is 5. The van der Waals surface area contributed by atoms with E-state index in [9.17, 15) is 4.79 Å². The number of allylic oxidation sites excluding steroid dienone is 2. The lowest BCUT2D eigenvalue weighted by Gasteiger charge is -2.28. The summed E-state index contributed by atoms with van der Waals surface area (Å²) in [5, 5.41) is 9.15. The number of aryl methyl sites for hydroxylation is 1. The molecule has 5 rings (SSSR count). The first kappa shape index (κ1) is 18.9.